The van der Waals surface area contributed by atoms with Gasteiger partial charge in [0, 0.05) is 18.0 Å². The van der Waals surface area contributed by atoms with Crippen LogP contribution in [0.15, 0.2) is 11.8 Å². The molecule has 0 radical (unpaired) electrons. The van der Waals surface area contributed by atoms with Crippen molar-refractivity contribution >= 4 is 17.7 Å². The van der Waals surface area contributed by atoms with Gasteiger partial charge in [0.1, 0.15) is 0 Å². The van der Waals surface area contributed by atoms with Crippen LogP contribution in [0.2, 0.25) is 0 Å². The van der Waals surface area contributed by atoms with Gasteiger partial charge in [-0.2, -0.15) is 0 Å². The maximum absolute atomic E-state index is 10.3. The number of hydrogen-bond acceptors (Lipinski definition) is 3. The quantitative estimate of drug-likeness (QED) is 0.513. The molecule has 0 aromatic rings. The van der Waals surface area contributed by atoms with Gasteiger partial charge < -0.3 is 10.2 Å². The minimum absolute atomic E-state index is 0.130. The van der Waals surface area contributed by atoms with Gasteiger partial charge in [-0.15, -0.1) is 0 Å². The zero-order valence-corrected chi connectivity index (χ0v) is 7.75. The molecule has 1 unspecified atom stereocenters. The Morgan fingerprint density at radius 3 is 2.58 bits per heavy atom. The van der Waals surface area contributed by atoms with Crippen LogP contribution >= 0.6 is 11.8 Å². The van der Waals surface area contributed by atoms with E-state index in [0.29, 0.717) is 0 Å². The van der Waals surface area contributed by atoms with Gasteiger partial charge in [-0.3, -0.25) is 4.42 Å². The van der Waals surface area contributed by atoms with Crippen molar-refractivity contribution < 1.29 is 15.0 Å². The van der Waals surface area contributed by atoms with Crippen LogP contribution in [-0.4, -0.2) is 33.3 Å². The highest BCUT2D eigenvalue weighted by atomic mass is 35.5. The largest absolute Gasteiger partial charge is 0.478 e. The van der Waals surface area contributed by atoms with E-state index in [1.807, 2.05) is 0 Å². The van der Waals surface area contributed by atoms with Gasteiger partial charge in [0.15, 0.2) is 0 Å². The van der Waals surface area contributed by atoms with E-state index in [1.165, 1.54) is 13.1 Å². The van der Waals surface area contributed by atoms with Crippen LogP contribution < -0.4 is 0 Å². The van der Waals surface area contributed by atoms with Gasteiger partial charge in [0.05, 0.1) is 18.2 Å². The van der Waals surface area contributed by atoms with E-state index >= 15 is 0 Å². The molecule has 1 atom stereocenters. The topological polar surface area (TPSA) is 60.8 Å². The molecule has 0 saturated carbocycles. The molecule has 0 spiro atoms. The number of carboxylic acids is 1. The molecule has 5 heteroatoms. The third-order valence-electron chi connectivity index (χ3n) is 1.11. The van der Waals surface area contributed by atoms with Gasteiger partial charge in [-0.05, 0) is 13.8 Å². The maximum atomic E-state index is 10.3. The average molecular weight is 194 g/mol. The van der Waals surface area contributed by atoms with Crippen LogP contribution in [0.1, 0.15) is 13.8 Å². The highest BCUT2D eigenvalue weighted by molar-refractivity contribution is 6.14. The fourth-order valence-electron chi connectivity index (χ4n) is 0.570. The molecular formula is C7H12ClNO3. The minimum Gasteiger partial charge on any atom is -0.478 e. The summed E-state index contributed by atoms with van der Waals surface area (Å²) in [6, 6.07) is 0. The number of carboxylic acid groups (broad SMARTS) is 1. The van der Waals surface area contributed by atoms with Gasteiger partial charge in [0.25, 0.3) is 0 Å². The Labute approximate surface area is 76.2 Å². The monoisotopic (exact) mass is 193 g/mol. The van der Waals surface area contributed by atoms with Crippen molar-refractivity contribution in [3.8, 4) is 0 Å². The number of carbonyl (C=O) groups is 1. The van der Waals surface area contributed by atoms with Crippen LogP contribution in [0.4, 0.5) is 0 Å². The first-order valence-electron chi connectivity index (χ1n) is 3.45. The predicted molar refractivity (Wildman–Crippen MR) is 45.6 cm³/mol. The highest BCUT2D eigenvalue weighted by Gasteiger charge is 2.04. The van der Waals surface area contributed by atoms with Gasteiger partial charge in [-0.25, -0.2) is 4.79 Å². The molecule has 0 saturated heterocycles. The molecule has 0 aromatic carbocycles. The summed E-state index contributed by atoms with van der Waals surface area (Å²) >= 11 is 5.55. The molecule has 0 bridgehead atoms. The summed E-state index contributed by atoms with van der Waals surface area (Å²) in [7, 11) is 0. The summed E-state index contributed by atoms with van der Waals surface area (Å²) in [4.78, 5) is 10.3. The number of hydrogen-bond donors (Lipinski definition) is 2. The predicted octanol–water partition coefficient (Wildman–Crippen LogP) is 0.811. The lowest BCUT2D eigenvalue weighted by molar-refractivity contribution is -0.132. The molecular weight excluding hydrogens is 182 g/mol. The molecule has 2 N–H and O–H groups in total. The first-order valence-corrected chi connectivity index (χ1v) is 3.79. The zero-order chi connectivity index (χ0) is 9.72. The van der Waals surface area contributed by atoms with E-state index in [2.05, 4.69) is 0 Å². The van der Waals surface area contributed by atoms with Crippen molar-refractivity contribution in [2.45, 2.75) is 20.0 Å². The zero-order valence-electron chi connectivity index (χ0n) is 6.99. The third kappa shape index (κ3) is 4.98. The Kier molecular flexibility index (Phi) is 4.70. The number of aliphatic hydroxyl groups is 1. The Balaban J connectivity index is 4.05. The molecule has 0 rings (SSSR count). The van der Waals surface area contributed by atoms with Gasteiger partial charge in [-0.1, -0.05) is 0 Å². The standard InChI is InChI=1S/C7H12ClNO3/c1-5(7(11)12)3-9(8)4-6(2)10/h3,6,10H,4H2,1-2H3,(H,11,12). The Hall–Kier alpha value is -0.740. The van der Waals surface area contributed by atoms with E-state index in [0.717, 1.165) is 4.42 Å². The number of rotatable bonds is 4. The molecule has 0 aliphatic rings. The number of aliphatic carboxylic acids is 1. The molecule has 70 valence electrons. The van der Waals surface area contributed by atoms with Crippen LogP contribution in [0.5, 0.6) is 0 Å². The number of nitrogens with zero attached hydrogens (tertiary/aromatic N) is 1. The first-order chi connectivity index (χ1) is 5.43. The van der Waals surface area contributed by atoms with Crippen molar-refractivity contribution in [2.24, 2.45) is 0 Å². The normalized spacial score (nSPS) is 14.2. The molecule has 0 amide bonds. The van der Waals surface area contributed by atoms with E-state index in [1.54, 1.807) is 6.92 Å². The van der Waals surface area contributed by atoms with Crippen molar-refractivity contribution in [2.75, 3.05) is 6.54 Å². The second-order valence-electron chi connectivity index (χ2n) is 2.55. The fraction of sp³-hybridized carbons (Fsp3) is 0.571. The van der Waals surface area contributed by atoms with Gasteiger partial charge in [0.2, 0.25) is 0 Å². The summed E-state index contributed by atoms with van der Waals surface area (Å²) < 4.78 is 1.12. The minimum atomic E-state index is -1.02. The summed E-state index contributed by atoms with van der Waals surface area (Å²) in [5.74, 6) is -1.02. The van der Waals surface area contributed by atoms with Gasteiger partial charge >= 0.3 is 5.97 Å². The molecule has 0 fully saturated rings. The van der Waals surface area contributed by atoms with E-state index < -0.39 is 12.1 Å². The van der Waals surface area contributed by atoms with Crippen LogP contribution in [0, 0.1) is 0 Å². The second-order valence-corrected chi connectivity index (χ2v) is 2.98. The smallest absolute Gasteiger partial charge is 0.332 e. The molecule has 4 nitrogen and oxygen atoms in total. The van der Waals surface area contributed by atoms with Crippen LogP contribution in [-0.2, 0) is 4.79 Å². The van der Waals surface area contributed by atoms with Crippen molar-refractivity contribution in [3.05, 3.63) is 11.8 Å². The number of halogens is 1. The van der Waals surface area contributed by atoms with Crippen LogP contribution in [0.25, 0.3) is 0 Å². The van der Waals surface area contributed by atoms with Crippen LogP contribution in [0.3, 0.4) is 0 Å². The summed E-state index contributed by atoms with van der Waals surface area (Å²) in [6.07, 6.45) is 0.678. The Bertz CT molecular complexity index is 191. The number of aliphatic hydroxyl groups excluding tert-OH is 1. The molecule has 0 aliphatic carbocycles. The van der Waals surface area contributed by atoms with Crippen molar-refractivity contribution in [1.82, 2.24) is 4.42 Å². The lowest BCUT2D eigenvalue weighted by Crippen LogP contribution is -2.19. The van der Waals surface area contributed by atoms with E-state index in [4.69, 9.17) is 22.0 Å². The van der Waals surface area contributed by atoms with E-state index in [9.17, 15) is 4.79 Å². The Morgan fingerprint density at radius 2 is 2.25 bits per heavy atom. The first kappa shape index (κ1) is 11.3. The summed E-state index contributed by atoms with van der Waals surface area (Å²) in [5, 5.41) is 17.3. The third-order valence-corrected chi connectivity index (χ3v) is 1.35. The molecule has 12 heavy (non-hydrogen) atoms. The molecule has 0 aromatic heterocycles. The second kappa shape index (κ2) is 5.00. The molecule has 0 aliphatic heterocycles. The van der Waals surface area contributed by atoms with Crippen molar-refractivity contribution in [1.29, 1.82) is 0 Å². The molecule has 0 heterocycles. The van der Waals surface area contributed by atoms with E-state index in [-0.39, 0.29) is 12.1 Å². The maximum Gasteiger partial charge on any atom is 0.332 e. The summed E-state index contributed by atoms with van der Waals surface area (Å²) in [6.45, 7) is 3.20. The Morgan fingerprint density at radius 1 is 1.75 bits per heavy atom. The lowest BCUT2D eigenvalue weighted by Gasteiger charge is -2.12. The lowest BCUT2D eigenvalue weighted by atomic mass is 10.3. The fourth-order valence-corrected chi connectivity index (χ4v) is 0.917. The SMILES string of the molecule is CC(=CN(Cl)CC(C)O)C(=O)O. The summed E-state index contributed by atoms with van der Waals surface area (Å²) in [5.41, 5.74) is 0.130. The van der Waals surface area contributed by atoms with Crippen molar-refractivity contribution in [3.63, 3.8) is 0 Å². The average Bonchev–Trinajstić information content (AvgIpc) is 1.84. The highest BCUT2D eigenvalue weighted by Crippen LogP contribution is 2.02.